The van der Waals surface area contributed by atoms with Gasteiger partial charge in [-0.1, -0.05) is 60.7 Å². The lowest BCUT2D eigenvalue weighted by molar-refractivity contribution is -0.0166. The van der Waals surface area contributed by atoms with Crippen molar-refractivity contribution in [2.75, 3.05) is 33.4 Å². The molecule has 0 bridgehead atoms. The summed E-state index contributed by atoms with van der Waals surface area (Å²) in [7, 11) is 1.71. The molecule has 1 atom stereocenters. The molecule has 1 amide bonds. The summed E-state index contributed by atoms with van der Waals surface area (Å²) in [6.45, 7) is 8.21. The molecule has 29 heavy (non-hydrogen) atoms. The van der Waals surface area contributed by atoms with Crippen LogP contribution in [0, 0.1) is 0 Å². The molecule has 3 rings (SSSR count). The maximum atomic E-state index is 12.6. The number of piperazine rings is 1. The first-order valence-corrected chi connectivity index (χ1v) is 10.2. The molecule has 1 saturated heterocycles. The van der Waals surface area contributed by atoms with Crippen LogP contribution in [-0.2, 0) is 9.47 Å². The Morgan fingerprint density at radius 3 is 2.03 bits per heavy atom. The minimum absolute atomic E-state index is 0.0756. The Labute approximate surface area is 174 Å². The summed E-state index contributed by atoms with van der Waals surface area (Å²) in [5.41, 5.74) is 1.98. The predicted molar refractivity (Wildman–Crippen MR) is 115 cm³/mol. The van der Waals surface area contributed by atoms with Gasteiger partial charge in [-0.15, -0.1) is 0 Å². The van der Waals surface area contributed by atoms with Crippen LogP contribution in [-0.4, -0.2) is 60.9 Å². The zero-order chi connectivity index (χ0) is 20.9. The molecule has 2 aromatic rings. The summed E-state index contributed by atoms with van der Waals surface area (Å²) in [6.07, 6.45) is -0.255. The second-order valence-corrected chi connectivity index (χ2v) is 8.50. The van der Waals surface area contributed by atoms with Crippen LogP contribution in [0.2, 0.25) is 0 Å². The van der Waals surface area contributed by atoms with Crippen molar-refractivity contribution in [3.05, 3.63) is 71.8 Å². The normalized spacial score (nSPS) is 18.1. The average Bonchev–Trinajstić information content (AvgIpc) is 2.70. The fourth-order valence-corrected chi connectivity index (χ4v) is 3.89. The zero-order valence-corrected chi connectivity index (χ0v) is 17.9. The van der Waals surface area contributed by atoms with Gasteiger partial charge in [-0.3, -0.25) is 4.90 Å². The molecule has 0 N–H and O–H groups in total. The number of benzene rings is 2. The quantitative estimate of drug-likeness (QED) is 0.754. The topological polar surface area (TPSA) is 42.0 Å². The number of methoxy groups -OCH3 is 1. The summed E-state index contributed by atoms with van der Waals surface area (Å²) in [6, 6.07) is 21.2. The van der Waals surface area contributed by atoms with Crippen LogP contribution in [0.3, 0.4) is 0 Å². The molecule has 0 radical (unpaired) electrons. The molecular formula is C24H32N2O3. The molecule has 0 unspecified atom stereocenters. The van der Waals surface area contributed by atoms with E-state index in [1.807, 2.05) is 32.9 Å². The van der Waals surface area contributed by atoms with Gasteiger partial charge in [0.1, 0.15) is 5.60 Å². The molecular weight excluding hydrogens is 364 g/mol. The molecule has 1 aliphatic heterocycles. The summed E-state index contributed by atoms with van der Waals surface area (Å²) in [4.78, 5) is 16.9. The van der Waals surface area contributed by atoms with Gasteiger partial charge in [-0.25, -0.2) is 4.79 Å². The Balaban J connectivity index is 1.87. The van der Waals surface area contributed by atoms with Crippen molar-refractivity contribution in [2.24, 2.45) is 0 Å². The van der Waals surface area contributed by atoms with Gasteiger partial charge in [0.05, 0.1) is 18.7 Å². The molecule has 156 valence electrons. The Morgan fingerprint density at radius 2 is 1.55 bits per heavy atom. The second kappa shape index (κ2) is 9.42. The molecule has 2 aromatic carbocycles. The van der Waals surface area contributed by atoms with Gasteiger partial charge in [0, 0.05) is 26.7 Å². The van der Waals surface area contributed by atoms with Crippen molar-refractivity contribution in [1.29, 1.82) is 0 Å². The molecule has 0 spiro atoms. The first-order valence-electron chi connectivity index (χ1n) is 10.2. The highest BCUT2D eigenvalue weighted by Crippen LogP contribution is 2.32. The smallest absolute Gasteiger partial charge is 0.410 e. The standard InChI is InChI=1S/C24H32N2O3/c1-24(2,3)29-23(27)25-15-16-26(21(17-25)18-28-4)22(19-11-7-5-8-12-19)20-13-9-6-10-14-20/h5-14,21-22H,15-18H2,1-4H3/t21-/m1/s1. The van der Waals surface area contributed by atoms with E-state index in [0.717, 1.165) is 6.54 Å². The summed E-state index contributed by atoms with van der Waals surface area (Å²) >= 11 is 0. The molecule has 0 saturated carbocycles. The van der Waals surface area contributed by atoms with Crippen molar-refractivity contribution in [3.63, 3.8) is 0 Å². The zero-order valence-electron chi connectivity index (χ0n) is 17.9. The number of rotatable bonds is 5. The molecule has 5 nitrogen and oxygen atoms in total. The Hall–Kier alpha value is -2.37. The van der Waals surface area contributed by atoms with Crippen molar-refractivity contribution in [1.82, 2.24) is 9.80 Å². The number of carbonyl (C=O) groups is 1. The van der Waals surface area contributed by atoms with Crippen LogP contribution in [0.4, 0.5) is 4.79 Å². The van der Waals surface area contributed by atoms with Gasteiger partial charge in [0.15, 0.2) is 0 Å². The van der Waals surface area contributed by atoms with E-state index in [1.54, 1.807) is 12.0 Å². The van der Waals surface area contributed by atoms with E-state index in [9.17, 15) is 4.79 Å². The fourth-order valence-electron chi connectivity index (χ4n) is 3.89. The first-order chi connectivity index (χ1) is 13.9. The minimum atomic E-state index is -0.498. The predicted octanol–water partition coefficient (Wildman–Crippen LogP) is 4.34. The van der Waals surface area contributed by atoms with Gasteiger partial charge in [-0.2, -0.15) is 0 Å². The van der Waals surface area contributed by atoms with E-state index in [-0.39, 0.29) is 18.2 Å². The van der Waals surface area contributed by atoms with Crippen molar-refractivity contribution in [3.8, 4) is 0 Å². The number of nitrogens with zero attached hydrogens (tertiary/aromatic N) is 2. The van der Waals surface area contributed by atoms with Gasteiger partial charge in [0.2, 0.25) is 0 Å². The fraction of sp³-hybridized carbons (Fsp3) is 0.458. The van der Waals surface area contributed by atoms with Gasteiger partial charge in [0.25, 0.3) is 0 Å². The van der Waals surface area contributed by atoms with E-state index in [1.165, 1.54) is 11.1 Å². The number of amides is 1. The molecule has 1 fully saturated rings. The van der Waals surface area contributed by atoms with Gasteiger partial charge < -0.3 is 14.4 Å². The summed E-state index contributed by atoms with van der Waals surface area (Å²) in [5.74, 6) is 0. The largest absolute Gasteiger partial charge is 0.444 e. The maximum Gasteiger partial charge on any atom is 0.410 e. The SMILES string of the molecule is COC[C@H]1CN(C(=O)OC(C)(C)C)CCN1C(c1ccccc1)c1ccccc1. The summed E-state index contributed by atoms with van der Waals surface area (Å²) < 4.78 is 11.1. The van der Waals surface area contributed by atoms with Crippen molar-refractivity contribution < 1.29 is 14.3 Å². The van der Waals surface area contributed by atoms with Gasteiger partial charge in [-0.05, 0) is 31.9 Å². The number of hydrogen-bond acceptors (Lipinski definition) is 4. The van der Waals surface area contributed by atoms with E-state index < -0.39 is 5.60 Å². The van der Waals surface area contributed by atoms with Crippen LogP contribution >= 0.6 is 0 Å². The highest BCUT2D eigenvalue weighted by Gasteiger charge is 2.36. The minimum Gasteiger partial charge on any atom is -0.444 e. The van der Waals surface area contributed by atoms with Crippen LogP contribution in [0.25, 0.3) is 0 Å². The van der Waals surface area contributed by atoms with Crippen LogP contribution < -0.4 is 0 Å². The molecule has 0 aliphatic carbocycles. The molecule has 1 aliphatic rings. The first kappa shape index (κ1) is 21.3. The maximum absolute atomic E-state index is 12.6. The van der Waals surface area contributed by atoms with E-state index in [4.69, 9.17) is 9.47 Å². The number of carbonyl (C=O) groups excluding carboxylic acids is 1. The van der Waals surface area contributed by atoms with Crippen LogP contribution in [0.5, 0.6) is 0 Å². The van der Waals surface area contributed by atoms with E-state index >= 15 is 0 Å². The van der Waals surface area contributed by atoms with E-state index in [0.29, 0.717) is 19.7 Å². The number of hydrogen-bond donors (Lipinski definition) is 0. The highest BCUT2D eigenvalue weighted by molar-refractivity contribution is 5.68. The Bertz CT molecular complexity index is 734. The average molecular weight is 397 g/mol. The van der Waals surface area contributed by atoms with E-state index in [2.05, 4.69) is 53.4 Å². The van der Waals surface area contributed by atoms with Crippen molar-refractivity contribution in [2.45, 2.75) is 38.5 Å². The molecule has 0 aromatic heterocycles. The second-order valence-electron chi connectivity index (χ2n) is 8.50. The Kier molecular flexibility index (Phi) is 6.93. The third kappa shape index (κ3) is 5.58. The van der Waals surface area contributed by atoms with Crippen LogP contribution in [0.15, 0.2) is 60.7 Å². The monoisotopic (exact) mass is 396 g/mol. The van der Waals surface area contributed by atoms with Gasteiger partial charge >= 0.3 is 6.09 Å². The third-order valence-electron chi connectivity index (χ3n) is 5.10. The molecule has 1 heterocycles. The lowest BCUT2D eigenvalue weighted by atomic mass is 9.94. The third-order valence-corrected chi connectivity index (χ3v) is 5.10. The van der Waals surface area contributed by atoms with Crippen molar-refractivity contribution >= 4 is 6.09 Å². The summed E-state index contributed by atoms with van der Waals surface area (Å²) in [5, 5.41) is 0. The molecule has 5 heteroatoms. The lowest BCUT2D eigenvalue weighted by Gasteiger charge is -2.45. The number of ether oxygens (including phenoxy) is 2. The lowest BCUT2D eigenvalue weighted by Crippen LogP contribution is -2.57. The Morgan fingerprint density at radius 1 is 1.00 bits per heavy atom. The van der Waals surface area contributed by atoms with Crippen LogP contribution in [0.1, 0.15) is 37.9 Å². The highest BCUT2D eigenvalue weighted by atomic mass is 16.6.